The highest BCUT2D eigenvalue weighted by Gasteiger charge is 2.24. The number of carbonyl (C=O) groups is 1. The number of nitriles is 1. The normalized spacial score (nSPS) is 12.5. The molecule has 4 aromatic rings. The second-order valence-electron chi connectivity index (χ2n) is 9.83. The van der Waals surface area contributed by atoms with Crippen LogP contribution in [-0.2, 0) is 35.8 Å². The van der Waals surface area contributed by atoms with E-state index in [1.165, 1.54) is 4.57 Å². The quantitative estimate of drug-likeness (QED) is 0.248. The molecule has 1 fully saturated rings. The zero-order valence-electron chi connectivity index (χ0n) is 22.0. The first-order valence-electron chi connectivity index (χ1n) is 13.1. The Kier molecular flexibility index (Phi) is 8.18. The average Bonchev–Trinajstić information content (AvgIpc) is 3.79. The molecule has 1 amide bonds. The Balaban J connectivity index is 1.36. The summed E-state index contributed by atoms with van der Waals surface area (Å²) in [5.74, 6) is -0.104. The van der Waals surface area contributed by atoms with Crippen LogP contribution in [0.15, 0.2) is 83.8 Å². The van der Waals surface area contributed by atoms with Crippen molar-refractivity contribution in [3.05, 3.63) is 112 Å². The van der Waals surface area contributed by atoms with Crippen molar-refractivity contribution in [2.45, 2.75) is 45.2 Å². The van der Waals surface area contributed by atoms with E-state index in [2.05, 4.69) is 21.7 Å². The van der Waals surface area contributed by atoms with Crippen molar-refractivity contribution < 1.29 is 9.53 Å². The molecule has 0 atom stereocenters. The van der Waals surface area contributed by atoms with Gasteiger partial charge in [0.2, 0.25) is 5.91 Å². The van der Waals surface area contributed by atoms with Crippen LogP contribution in [0, 0.1) is 11.3 Å². The Labute approximate surface area is 232 Å². The minimum absolute atomic E-state index is 0.193. The molecule has 0 aliphatic heterocycles. The van der Waals surface area contributed by atoms with Gasteiger partial charge in [-0.05, 0) is 59.9 Å². The minimum Gasteiger partial charge on any atom is -0.399 e. The molecule has 1 aromatic heterocycles. The summed E-state index contributed by atoms with van der Waals surface area (Å²) in [5.41, 5.74) is 10.8. The fourth-order valence-electron chi connectivity index (χ4n) is 4.30. The summed E-state index contributed by atoms with van der Waals surface area (Å²) in [4.78, 5) is 30.9. The van der Waals surface area contributed by atoms with Gasteiger partial charge in [-0.1, -0.05) is 42.5 Å². The molecule has 9 nitrogen and oxygen atoms in total. The van der Waals surface area contributed by atoms with Crippen molar-refractivity contribution in [2.24, 2.45) is 0 Å². The van der Waals surface area contributed by atoms with Gasteiger partial charge in [-0.2, -0.15) is 5.26 Å². The number of nitrogens with one attached hydrogen (secondary N) is 2. The van der Waals surface area contributed by atoms with Gasteiger partial charge < -0.3 is 21.1 Å². The molecule has 0 radical (unpaired) electrons. The van der Waals surface area contributed by atoms with E-state index in [-0.39, 0.29) is 36.4 Å². The maximum absolute atomic E-state index is 13.5. The molecule has 40 heavy (non-hydrogen) atoms. The molecule has 0 spiro atoms. The third kappa shape index (κ3) is 6.92. The van der Waals surface area contributed by atoms with Crippen molar-refractivity contribution in [1.29, 1.82) is 5.26 Å². The van der Waals surface area contributed by atoms with Gasteiger partial charge in [-0.3, -0.25) is 14.2 Å². The molecule has 1 saturated carbocycles. The van der Waals surface area contributed by atoms with Crippen LogP contribution < -0.4 is 21.9 Å². The Morgan fingerprint density at radius 1 is 1.02 bits per heavy atom. The van der Waals surface area contributed by atoms with Crippen LogP contribution in [0.4, 0.5) is 11.5 Å². The molecule has 4 N–H and O–H groups in total. The number of benzene rings is 3. The van der Waals surface area contributed by atoms with Crippen LogP contribution in [0.2, 0.25) is 0 Å². The van der Waals surface area contributed by atoms with Crippen LogP contribution >= 0.6 is 0 Å². The summed E-state index contributed by atoms with van der Waals surface area (Å²) in [5, 5.41) is 15.0. The zero-order valence-corrected chi connectivity index (χ0v) is 22.0. The number of nitrogens with two attached hydrogens (primary N) is 1. The summed E-state index contributed by atoms with van der Waals surface area (Å²) >= 11 is 0. The number of carbonyl (C=O) groups excluding carboxylic acids is 1. The molecule has 0 unspecified atom stereocenters. The molecule has 3 aromatic carbocycles. The van der Waals surface area contributed by atoms with E-state index < -0.39 is 0 Å². The number of ether oxygens (including phenoxy) is 1. The Hall–Kier alpha value is -4.94. The fourth-order valence-corrected chi connectivity index (χ4v) is 4.30. The van der Waals surface area contributed by atoms with Gasteiger partial charge in [0.15, 0.2) is 5.82 Å². The smallest absolute Gasteiger partial charge is 0.294 e. The maximum atomic E-state index is 13.5. The summed E-state index contributed by atoms with van der Waals surface area (Å²) < 4.78 is 7.32. The van der Waals surface area contributed by atoms with Gasteiger partial charge in [-0.25, -0.2) is 4.98 Å². The summed E-state index contributed by atoms with van der Waals surface area (Å²) in [6.45, 7) is 0.865. The molecule has 1 heterocycles. The lowest BCUT2D eigenvalue weighted by molar-refractivity contribution is -0.121. The van der Waals surface area contributed by atoms with E-state index in [4.69, 9.17) is 15.7 Å². The lowest BCUT2D eigenvalue weighted by Gasteiger charge is -2.16. The Morgan fingerprint density at radius 2 is 1.77 bits per heavy atom. The summed E-state index contributed by atoms with van der Waals surface area (Å²) in [6, 6.07) is 24.6. The topological polar surface area (TPSA) is 135 Å². The first-order chi connectivity index (χ1) is 19.5. The van der Waals surface area contributed by atoms with Gasteiger partial charge in [0.25, 0.3) is 5.56 Å². The van der Waals surface area contributed by atoms with Gasteiger partial charge in [-0.15, -0.1) is 0 Å². The zero-order chi connectivity index (χ0) is 27.9. The molecule has 5 rings (SSSR count). The molecule has 0 saturated heterocycles. The Bertz CT molecular complexity index is 1590. The van der Waals surface area contributed by atoms with Gasteiger partial charge >= 0.3 is 0 Å². The third-order valence-electron chi connectivity index (χ3n) is 6.54. The number of nitrogen functional groups attached to an aromatic ring is 1. The molecular formula is C31H30N6O3. The van der Waals surface area contributed by atoms with E-state index in [1.807, 2.05) is 42.5 Å². The number of amides is 1. The van der Waals surface area contributed by atoms with Crippen LogP contribution in [0.25, 0.3) is 11.3 Å². The lowest BCUT2D eigenvalue weighted by atomic mass is 10.1. The highest BCUT2D eigenvalue weighted by atomic mass is 16.5. The van der Waals surface area contributed by atoms with Crippen molar-refractivity contribution in [3.8, 4) is 17.3 Å². The van der Waals surface area contributed by atoms with Crippen LogP contribution in [-0.4, -0.2) is 21.5 Å². The third-order valence-corrected chi connectivity index (χ3v) is 6.54. The minimum atomic E-state index is -0.373. The van der Waals surface area contributed by atoms with Crippen molar-refractivity contribution in [2.75, 3.05) is 11.1 Å². The van der Waals surface area contributed by atoms with E-state index in [0.717, 1.165) is 29.5 Å². The standard InChI is InChI=1S/C31H30N6O3/c32-15-21-6-8-22(9-7-21)16-34-29(38)18-37-28(17-35-30(31(37)39)36-27-10-11-27)25-12-24(13-26(33)14-25)20-40-19-23-4-2-1-3-5-23/h1-9,12-14,17,27H,10-11,16,18-20,33H2,(H,34,38)(H,35,36). The van der Waals surface area contributed by atoms with Gasteiger partial charge in [0, 0.05) is 23.8 Å². The number of anilines is 2. The molecule has 1 aliphatic rings. The highest BCUT2D eigenvalue weighted by Crippen LogP contribution is 2.26. The van der Waals surface area contributed by atoms with Crippen molar-refractivity contribution >= 4 is 17.4 Å². The molecule has 9 heteroatoms. The second kappa shape index (κ2) is 12.3. The van der Waals surface area contributed by atoms with Crippen LogP contribution in [0.5, 0.6) is 0 Å². The largest absolute Gasteiger partial charge is 0.399 e. The monoisotopic (exact) mass is 534 g/mol. The predicted octanol–water partition coefficient (Wildman–Crippen LogP) is 3.97. The summed E-state index contributed by atoms with van der Waals surface area (Å²) in [7, 11) is 0. The van der Waals surface area contributed by atoms with E-state index >= 15 is 0 Å². The summed E-state index contributed by atoms with van der Waals surface area (Å²) in [6.07, 6.45) is 3.56. The van der Waals surface area contributed by atoms with Crippen molar-refractivity contribution in [3.63, 3.8) is 0 Å². The first-order valence-corrected chi connectivity index (χ1v) is 13.1. The van der Waals surface area contributed by atoms with E-state index in [0.29, 0.717) is 35.7 Å². The second-order valence-corrected chi connectivity index (χ2v) is 9.83. The predicted molar refractivity (Wildman–Crippen MR) is 153 cm³/mol. The fraction of sp³-hybridized carbons (Fsp3) is 0.226. The molecule has 1 aliphatic carbocycles. The lowest BCUT2D eigenvalue weighted by Crippen LogP contribution is -2.34. The number of rotatable bonds is 11. The number of hydrogen-bond acceptors (Lipinski definition) is 7. The number of aromatic nitrogens is 2. The average molecular weight is 535 g/mol. The Morgan fingerprint density at radius 3 is 2.50 bits per heavy atom. The molecule has 202 valence electrons. The molecular weight excluding hydrogens is 504 g/mol. The highest BCUT2D eigenvalue weighted by molar-refractivity contribution is 5.77. The van der Waals surface area contributed by atoms with Gasteiger partial charge in [0.05, 0.1) is 36.7 Å². The number of nitrogens with zero attached hydrogens (tertiary/aromatic N) is 3. The SMILES string of the molecule is N#Cc1ccc(CNC(=O)Cn2c(-c3cc(N)cc(COCc4ccccc4)c3)cnc(NC3CC3)c2=O)cc1. The molecule has 0 bridgehead atoms. The van der Waals surface area contributed by atoms with Gasteiger partial charge in [0.1, 0.15) is 6.54 Å². The number of hydrogen-bond donors (Lipinski definition) is 3. The van der Waals surface area contributed by atoms with Crippen LogP contribution in [0.3, 0.4) is 0 Å². The maximum Gasteiger partial charge on any atom is 0.294 e. The first kappa shape index (κ1) is 26.7. The van der Waals surface area contributed by atoms with Crippen molar-refractivity contribution in [1.82, 2.24) is 14.9 Å². The van der Waals surface area contributed by atoms with E-state index in [9.17, 15) is 9.59 Å². The van der Waals surface area contributed by atoms with E-state index in [1.54, 1.807) is 36.5 Å². The van der Waals surface area contributed by atoms with Crippen LogP contribution in [0.1, 0.15) is 35.1 Å².